The van der Waals surface area contributed by atoms with E-state index in [0.717, 1.165) is 22.3 Å². The molecule has 14 heteroatoms. The summed E-state index contributed by atoms with van der Waals surface area (Å²) in [4.78, 5) is 65.8. The van der Waals surface area contributed by atoms with Crippen molar-refractivity contribution in [2.75, 3.05) is 5.32 Å². The van der Waals surface area contributed by atoms with Gasteiger partial charge in [-0.15, -0.1) is 0 Å². The summed E-state index contributed by atoms with van der Waals surface area (Å²) in [5.41, 5.74) is 3.51. The average Bonchev–Trinajstić information content (AvgIpc) is 3.52. The number of aromatic nitrogens is 4. The Labute approximate surface area is 341 Å². The molecule has 3 heterocycles. The van der Waals surface area contributed by atoms with E-state index in [2.05, 4.69) is 20.6 Å². The molecular formula is C45H45N7O7. The number of anilines is 1. The molecule has 7 rings (SSSR count). The minimum absolute atomic E-state index is 0.0190. The van der Waals surface area contributed by atoms with E-state index in [1.165, 1.54) is 20.4 Å². The summed E-state index contributed by atoms with van der Waals surface area (Å²) in [7, 11) is 0. The maximum Gasteiger partial charge on any atom is 0.412 e. The third-order valence-electron chi connectivity index (χ3n) is 9.61. The molecule has 6 aromatic rings. The molecule has 1 atom stereocenters. The molecule has 0 aliphatic carbocycles. The second-order valence-corrected chi connectivity index (χ2v) is 15.1. The van der Waals surface area contributed by atoms with E-state index >= 15 is 0 Å². The number of ether oxygens (including phenoxy) is 3. The molecule has 59 heavy (non-hydrogen) atoms. The van der Waals surface area contributed by atoms with Gasteiger partial charge in [0.1, 0.15) is 36.6 Å². The van der Waals surface area contributed by atoms with Gasteiger partial charge < -0.3 is 19.5 Å². The van der Waals surface area contributed by atoms with Crippen molar-refractivity contribution >= 4 is 23.8 Å². The molecule has 0 bridgehead atoms. The molecule has 2 aromatic heterocycles. The summed E-state index contributed by atoms with van der Waals surface area (Å²) in [5, 5.41) is 5.80. The van der Waals surface area contributed by atoms with Gasteiger partial charge in [-0.2, -0.15) is 0 Å². The van der Waals surface area contributed by atoms with Crippen LogP contribution in [0.2, 0.25) is 0 Å². The van der Waals surface area contributed by atoms with Crippen molar-refractivity contribution in [2.45, 2.75) is 72.2 Å². The largest absolute Gasteiger partial charge is 0.487 e. The van der Waals surface area contributed by atoms with E-state index in [4.69, 9.17) is 14.2 Å². The van der Waals surface area contributed by atoms with Crippen molar-refractivity contribution < 1.29 is 28.6 Å². The smallest absolute Gasteiger partial charge is 0.412 e. The number of nitrogens with one attached hydrogen (secondary N) is 2. The Morgan fingerprint density at radius 1 is 0.864 bits per heavy atom. The standard InChI is InChI=1S/C45H45N7O7/c1-30-25-51-38(26-50(30)44(56)59-45(2,3)4)40(41(53)47-24-33-17-11-12-18-35(33)36-21-22-46-29-48-36)52(43(51)55)34-19-20-39(57-27-31-13-7-5-8-14-31)37(23-34)49-42(54)58-28-32-15-9-6-10-16-32/h5-23,29-30H,24-28H2,1-4H3,(H,47,53)(H,49,54). The van der Waals surface area contributed by atoms with Gasteiger partial charge in [0.15, 0.2) is 0 Å². The summed E-state index contributed by atoms with van der Waals surface area (Å²) in [6, 6.07) is 32.5. The minimum atomic E-state index is -0.771. The van der Waals surface area contributed by atoms with Crippen LogP contribution in [-0.2, 0) is 42.3 Å². The number of amides is 3. The van der Waals surface area contributed by atoms with Crippen LogP contribution in [0.4, 0.5) is 15.3 Å². The minimum Gasteiger partial charge on any atom is -0.487 e. The molecule has 4 aromatic carbocycles. The lowest BCUT2D eigenvalue weighted by molar-refractivity contribution is 0.00950. The molecular weight excluding hydrogens is 751 g/mol. The summed E-state index contributed by atoms with van der Waals surface area (Å²) >= 11 is 0. The fraction of sp³-hybridized carbons (Fsp3) is 0.244. The summed E-state index contributed by atoms with van der Waals surface area (Å²) in [6.07, 6.45) is 1.78. The normalized spacial score (nSPS) is 13.6. The number of carbonyl (C=O) groups is 3. The zero-order valence-corrected chi connectivity index (χ0v) is 33.3. The Hall–Kier alpha value is -7.22. The van der Waals surface area contributed by atoms with Gasteiger partial charge in [0.25, 0.3) is 5.91 Å². The Morgan fingerprint density at radius 3 is 2.25 bits per heavy atom. The summed E-state index contributed by atoms with van der Waals surface area (Å²) in [5.74, 6) is -0.253. The SMILES string of the molecule is CC1Cn2c(c(C(=O)NCc3ccccc3-c3ccncn3)n(-c3ccc(OCc4ccccc4)c(NC(=O)OCc4ccccc4)c3)c2=O)CN1C(=O)OC(C)(C)C. The van der Waals surface area contributed by atoms with Gasteiger partial charge in [0, 0.05) is 24.8 Å². The van der Waals surface area contributed by atoms with Crippen molar-refractivity contribution in [2.24, 2.45) is 0 Å². The number of hydrogen-bond acceptors (Lipinski definition) is 9. The highest BCUT2D eigenvalue weighted by Gasteiger charge is 2.37. The van der Waals surface area contributed by atoms with Crippen LogP contribution in [0.25, 0.3) is 16.9 Å². The molecule has 2 N–H and O–H groups in total. The van der Waals surface area contributed by atoms with Crippen LogP contribution in [0.15, 0.2) is 127 Å². The Balaban J connectivity index is 1.27. The van der Waals surface area contributed by atoms with Crippen LogP contribution >= 0.6 is 0 Å². The van der Waals surface area contributed by atoms with Crippen molar-refractivity contribution in [1.82, 2.24) is 29.3 Å². The molecule has 3 amide bonds. The van der Waals surface area contributed by atoms with Crippen molar-refractivity contribution in [1.29, 1.82) is 0 Å². The second-order valence-electron chi connectivity index (χ2n) is 15.1. The quantitative estimate of drug-likeness (QED) is 0.136. The van der Waals surface area contributed by atoms with Gasteiger partial charge in [-0.05, 0) is 68.7 Å². The van der Waals surface area contributed by atoms with Crippen molar-refractivity contribution in [3.8, 4) is 22.7 Å². The number of nitrogens with zero attached hydrogens (tertiary/aromatic N) is 5. The first kappa shape index (κ1) is 40.0. The lowest BCUT2D eigenvalue weighted by Gasteiger charge is -2.35. The van der Waals surface area contributed by atoms with Crippen molar-refractivity contribution in [3.05, 3.63) is 160 Å². The third kappa shape index (κ3) is 9.50. The van der Waals surface area contributed by atoms with Gasteiger partial charge in [-0.25, -0.2) is 24.4 Å². The third-order valence-corrected chi connectivity index (χ3v) is 9.61. The number of rotatable bonds is 11. The molecule has 0 saturated carbocycles. The molecule has 0 fully saturated rings. The van der Waals surface area contributed by atoms with Crippen LogP contribution in [0.3, 0.4) is 0 Å². The summed E-state index contributed by atoms with van der Waals surface area (Å²) in [6.45, 7) is 7.49. The zero-order chi connectivity index (χ0) is 41.5. The first-order chi connectivity index (χ1) is 28.4. The Morgan fingerprint density at radius 2 is 1.56 bits per heavy atom. The van der Waals surface area contributed by atoms with E-state index in [1.807, 2.05) is 91.9 Å². The molecule has 0 saturated heterocycles. The number of fused-ring (bicyclic) bond motifs is 1. The van der Waals surface area contributed by atoms with Crippen molar-refractivity contribution in [3.63, 3.8) is 0 Å². The predicted molar refractivity (Wildman–Crippen MR) is 221 cm³/mol. The molecule has 14 nitrogen and oxygen atoms in total. The maximum atomic E-state index is 14.6. The van der Waals surface area contributed by atoms with Gasteiger partial charge in [0.2, 0.25) is 0 Å². The monoisotopic (exact) mass is 795 g/mol. The molecule has 0 radical (unpaired) electrons. The first-order valence-corrected chi connectivity index (χ1v) is 19.2. The molecule has 302 valence electrons. The van der Waals surface area contributed by atoms with Gasteiger partial charge in [0.05, 0.1) is 35.3 Å². The highest BCUT2D eigenvalue weighted by molar-refractivity contribution is 5.95. The van der Waals surface area contributed by atoms with E-state index in [-0.39, 0.29) is 49.9 Å². The highest BCUT2D eigenvalue weighted by atomic mass is 16.6. The number of imidazole rings is 1. The summed E-state index contributed by atoms with van der Waals surface area (Å²) < 4.78 is 20.3. The van der Waals surface area contributed by atoms with E-state index in [1.54, 1.807) is 51.2 Å². The lowest BCUT2D eigenvalue weighted by atomic mass is 10.0. The van der Waals surface area contributed by atoms with Gasteiger partial charge >= 0.3 is 17.9 Å². The average molecular weight is 796 g/mol. The van der Waals surface area contributed by atoms with Crippen LogP contribution in [-0.4, -0.2) is 53.7 Å². The second kappa shape index (κ2) is 17.5. The van der Waals surface area contributed by atoms with Gasteiger partial charge in [-0.1, -0.05) is 84.9 Å². The number of hydrogen-bond donors (Lipinski definition) is 2. The van der Waals surface area contributed by atoms with E-state index in [0.29, 0.717) is 17.1 Å². The first-order valence-electron chi connectivity index (χ1n) is 19.2. The van der Waals surface area contributed by atoms with Crippen LogP contribution in [0.1, 0.15) is 60.6 Å². The number of carbonyl (C=O) groups excluding carboxylic acids is 3. The lowest BCUT2D eigenvalue weighted by Crippen LogP contribution is -2.48. The zero-order valence-electron chi connectivity index (χ0n) is 33.3. The Bertz CT molecular complexity index is 2500. The van der Waals surface area contributed by atoms with Crippen LogP contribution < -0.4 is 21.1 Å². The fourth-order valence-corrected chi connectivity index (χ4v) is 6.77. The van der Waals surface area contributed by atoms with Crippen LogP contribution in [0, 0.1) is 0 Å². The fourth-order valence-electron chi connectivity index (χ4n) is 6.77. The molecule has 1 aliphatic rings. The number of benzene rings is 4. The molecule has 1 aliphatic heterocycles. The van der Waals surface area contributed by atoms with E-state index < -0.39 is 35.4 Å². The molecule has 0 spiro atoms. The predicted octanol–water partition coefficient (Wildman–Crippen LogP) is 7.49. The molecule has 1 unspecified atom stereocenters. The topological polar surface area (TPSA) is 159 Å². The highest BCUT2D eigenvalue weighted by Crippen LogP contribution is 2.31. The Kier molecular flexibility index (Phi) is 11.9. The van der Waals surface area contributed by atoms with Gasteiger partial charge in [-0.3, -0.25) is 24.1 Å². The van der Waals surface area contributed by atoms with Crippen LogP contribution in [0.5, 0.6) is 5.75 Å². The van der Waals surface area contributed by atoms with E-state index in [9.17, 15) is 19.2 Å². The maximum absolute atomic E-state index is 14.6.